The lowest BCUT2D eigenvalue weighted by Gasteiger charge is -2.31. The van der Waals surface area contributed by atoms with Crippen molar-refractivity contribution in [3.05, 3.63) is 42.1 Å². The minimum absolute atomic E-state index is 0.102. The fourth-order valence-electron chi connectivity index (χ4n) is 3.37. The fraction of sp³-hybridized carbons (Fsp3) is 0.412. The third-order valence-electron chi connectivity index (χ3n) is 4.73. The van der Waals surface area contributed by atoms with E-state index < -0.39 is 0 Å². The Kier molecular flexibility index (Phi) is 3.76. The summed E-state index contributed by atoms with van der Waals surface area (Å²) >= 11 is 0. The van der Waals surface area contributed by atoms with E-state index >= 15 is 0 Å². The molecule has 0 aliphatic carbocycles. The number of rotatable bonds is 3. The Morgan fingerprint density at radius 2 is 2.08 bits per heavy atom. The molecular formula is C17H19N5O2. The summed E-state index contributed by atoms with van der Waals surface area (Å²) < 4.78 is 7.24. The van der Waals surface area contributed by atoms with Crippen molar-refractivity contribution < 1.29 is 9.32 Å². The normalized spacial score (nSPS) is 16.0. The molecular weight excluding hydrogens is 306 g/mol. The first-order valence-electron chi connectivity index (χ1n) is 8.17. The summed E-state index contributed by atoms with van der Waals surface area (Å²) in [6.07, 6.45) is 3.84. The summed E-state index contributed by atoms with van der Waals surface area (Å²) in [5, 5.41) is 13.1. The maximum Gasteiger partial charge on any atom is 0.228 e. The molecule has 3 heterocycles. The molecule has 4 rings (SSSR count). The number of hydrogen-bond acceptors (Lipinski definition) is 5. The number of aromatic nitrogens is 4. The lowest BCUT2D eigenvalue weighted by atomic mass is 9.95. The van der Waals surface area contributed by atoms with Crippen molar-refractivity contribution >= 4 is 16.9 Å². The predicted molar refractivity (Wildman–Crippen MR) is 87.3 cm³/mol. The number of nitrogens with zero attached hydrogens (tertiary/aromatic N) is 5. The lowest BCUT2D eigenvalue weighted by molar-refractivity contribution is -0.131. The Morgan fingerprint density at radius 1 is 1.29 bits per heavy atom. The van der Waals surface area contributed by atoms with Crippen LogP contribution >= 0.6 is 0 Å². The lowest BCUT2D eigenvalue weighted by Crippen LogP contribution is -2.39. The molecule has 1 aromatic carbocycles. The fourth-order valence-corrected chi connectivity index (χ4v) is 3.37. The van der Waals surface area contributed by atoms with Crippen molar-refractivity contribution in [2.75, 3.05) is 13.1 Å². The van der Waals surface area contributed by atoms with E-state index in [0.29, 0.717) is 11.6 Å². The van der Waals surface area contributed by atoms with Gasteiger partial charge in [-0.05, 0) is 25.0 Å². The van der Waals surface area contributed by atoms with Gasteiger partial charge in [0.25, 0.3) is 0 Å². The molecule has 3 aromatic rings. The summed E-state index contributed by atoms with van der Waals surface area (Å²) in [4.78, 5) is 14.5. The Bertz CT molecular complexity index is 861. The molecule has 7 nitrogen and oxygen atoms in total. The van der Waals surface area contributed by atoms with Gasteiger partial charge in [0.2, 0.25) is 5.91 Å². The SMILES string of the molecule is Cn1cnnc1C1CCN(C(=O)Cc2noc3ccccc23)CC1. The van der Waals surface area contributed by atoms with Gasteiger partial charge in [0.1, 0.15) is 17.8 Å². The van der Waals surface area contributed by atoms with E-state index in [9.17, 15) is 4.79 Å². The molecule has 1 amide bonds. The van der Waals surface area contributed by atoms with Crippen LogP contribution in [0.2, 0.25) is 0 Å². The average molecular weight is 325 g/mol. The van der Waals surface area contributed by atoms with Crippen LogP contribution in [0.15, 0.2) is 35.1 Å². The molecule has 0 radical (unpaired) electrons. The summed E-state index contributed by atoms with van der Waals surface area (Å²) in [6, 6.07) is 7.63. The zero-order valence-electron chi connectivity index (χ0n) is 13.6. The van der Waals surface area contributed by atoms with Crippen LogP contribution in [0.4, 0.5) is 0 Å². The van der Waals surface area contributed by atoms with Gasteiger partial charge < -0.3 is 14.0 Å². The highest BCUT2D eigenvalue weighted by Gasteiger charge is 2.27. The number of para-hydroxylation sites is 1. The number of aryl methyl sites for hydroxylation is 1. The maximum absolute atomic E-state index is 12.6. The van der Waals surface area contributed by atoms with Gasteiger partial charge in [0, 0.05) is 31.4 Å². The van der Waals surface area contributed by atoms with Crippen molar-refractivity contribution in [1.82, 2.24) is 24.8 Å². The van der Waals surface area contributed by atoms with Crippen LogP contribution < -0.4 is 0 Å². The van der Waals surface area contributed by atoms with Gasteiger partial charge in [0.15, 0.2) is 5.58 Å². The van der Waals surface area contributed by atoms with Gasteiger partial charge >= 0.3 is 0 Å². The standard InChI is InChI=1S/C17H19N5O2/c1-21-11-18-19-17(21)12-6-8-22(9-7-12)16(23)10-14-13-4-2-3-5-15(13)24-20-14/h2-5,11-12H,6-10H2,1H3. The molecule has 124 valence electrons. The molecule has 0 spiro atoms. The number of piperidine rings is 1. The van der Waals surface area contributed by atoms with Gasteiger partial charge in [-0.3, -0.25) is 4.79 Å². The number of benzene rings is 1. The molecule has 0 bridgehead atoms. The number of likely N-dealkylation sites (tertiary alicyclic amines) is 1. The van der Waals surface area contributed by atoms with Crippen molar-refractivity contribution in [1.29, 1.82) is 0 Å². The first kappa shape index (κ1) is 14.9. The second kappa shape index (κ2) is 6.07. The second-order valence-corrected chi connectivity index (χ2v) is 6.26. The Hall–Kier alpha value is -2.70. The van der Waals surface area contributed by atoms with Crippen molar-refractivity contribution in [2.24, 2.45) is 7.05 Å². The number of carbonyl (C=O) groups excluding carboxylic acids is 1. The summed E-state index contributed by atoms with van der Waals surface area (Å²) in [5.41, 5.74) is 1.44. The third kappa shape index (κ3) is 2.66. The van der Waals surface area contributed by atoms with E-state index in [0.717, 1.165) is 42.7 Å². The maximum atomic E-state index is 12.6. The minimum Gasteiger partial charge on any atom is -0.356 e. The average Bonchev–Trinajstić information content (AvgIpc) is 3.22. The number of hydrogen-bond donors (Lipinski definition) is 0. The molecule has 0 N–H and O–H groups in total. The molecule has 1 saturated heterocycles. The second-order valence-electron chi connectivity index (χ2n) is 6.26. The van der Waals surface area contributed by atoms with Crippen LogP contribution in [-0.4, -0.2) is 43.8 Å². The zero-order chi connectivity index (χ0) is 16.5. The van der Waals surface area contributed by atoms with Crippen LogP contribution in [0, 0.1) is 0 Å². The first-order chi connectivity index (χ1) is 11.7. The third-order valence-corrected chi connectivity index (χ3v) is 4.73. The number of carbonyl (C=O) groups is 1. The van der Waals surface area contributed by atoms with Crippen LogP contribution in [0.25, 0.3) is 11.0 Å². The summed E-state index contributed by atoms with van der Waals surface area (Å²) in [7, 11) is 1.96. The van der Waals surface area contributed by atoms with Crippen LogP contribution in [-0.2, 0) is 18.3 Å². The molecule has 1 aliphatic rings. The largest absolute Gasteiger partial charge is 0.356 e. The van der Waals surface area contributed by atoms with Crippen LogP contribution in [0.5, 0.6) is 0 Å². The van der Waals surface area contributed by atoms with E-state index in [1.807, 2.05) is 40.8 Å². The first-order valence-corrected chi connectivity index (χ1v) is 8.17. The molecule has 7 heteroatoms. The Balaban J connectivity index is 1.40. The summed E-state index contributed by atoms with van der Waals surface area (Å²) in [6.45, 7) is 1.48. The molecule has 24 heavy (non-hydrogen) atoms. The summed E-state index contributed by atoms with van der Waals surface area (Å²) in [5.74, 6) is 1.48. The van der Waals surface area contributed by atoms with Gasteiger partial charge in [-0.2, -0.15) is 0 Å². The highest BCUT2D eigenvalue weighted by molar-refractivity contribution is 5.86. The Morgan fingerprint density at radius 3 is 2.83 bits per heavy atom. The number of fused-ring (bicyclic) bond motifs is 1. The van der Waals surface area contributed by atoms with Gasteiger partial charge in [-0.15, -0.1) is 10.2 Å². The minimum atomic E-state index is 0.102. The van der Waals surface area contributed by atoms with Crippen molar-refractivity contribution in [3.8, 4) is 0 Å². The highest BCUT2D eigenvalue weighted by Crippen LogP contribution is 2.27. The van der Waals surface area contributed by atoms with E-state index in [1.165, 1.54) is 0 Å². The highest BCUT2D eigenvalue weighted by atomic mass is 16.5. The monoisotopic (exact) mass is 325 g/mol. The smallest absolute Gasteiger partial charge is 0.228 e. The van der Waals surface area contributed by atoms with Crippen LogP contribution in [0.3, 0.4) is 0 Å². The quantitative estimate of drug-likeness (QED) is 0.735. The molecule has 1 aliphatic heterocycles. The molecule has 0 unspecified atom stereocenters. The van der Waals surface area contributed by atoms with E-state index in [4.69, 9.17) is 4.52 Å². The molecule has 1 fully saturated rings. The topological polar surface area (TPSA) is 77.1 Å². The van der Waals surface area contributed by atoms with E-state index in [-0.39, 0.29) is 12.3 Å². The molecule has 0 saturated carbocycles. The Labute approximate surface area is 139 Å². The van der Waals surface area contributed by atoms with Crippen molar-refractivity contribution in [3.63, 3.8) is 0 Å². The van der Waals surface area contributed by atoms with Crippen molar-refractivity contribution in [2.45, 2.75) is 25.2 Å². The zero-order valence-corrected chi connectivity index (χ0v) is 13.6. The molecule has 2 aromatic heterocycles. The van der Waals surface area contributed by atoms with Gasteiger partial charge in [-0.25, -0.2) is 0 Å². The number of amides is 1. The van der Waals surface area contributed by atoms with Gasteiger partial charge in [-0.1, -0.05) is 17.3 Å². The van der Waals surface area contributed by atoms with E-state index in [1.54, 1.807) is 6.33 Å². The van der Waals surface area contributed by atoms with Gasteiger partial charge in [0.05, 0.1) is 6.42 Å². The van der Waals surface area contributed by atoms with Crippen LogP contribution in [0.1, 0.15) is 30.3 Å². The predicted octanol–water partition coefficient (Wildman–Crippen LogP) is 1.90. The van der Waals surface area contributed by atoms with E-state index in [2.05, 4.69) is 15.4 Å². The molecule has 0 atom stereocenters.